The van der Waals surface area contributed by atoms with E-state index in [0.717, 1.165) is 22.8 Å². The van der Waals surface area contributed by atoms with Crippen molar-refractivity contribution in [2.75, 3.05) is 31.6 Å². The standard InChI is InChI=1S/C27H40N4O4S/c1-4-19(2)24(30-25(32)12-14-28)17-31(18-26(33)29-23(27(34)35)13-15-36-3)16-21-10-7-9-20-8-5-6-11-22(20)21/h5-11,19,23-24H,4,12-18,28H2,1-3H3,(H,29,33)(H,30,32)(H,34,35). The Morgan fingerprint density at radius 2 is 1.81 bits per heavy atom. The molecule has 3 unspecified atom stereocenters. The highest BCUT2D eigenvalue weighted by Crippen LogP contribution is 2.21. The van der Waals surface area contributed by atoms with Crippen LogP contribution in [0.4, 0.5) is 0 Å². The fourth-order valence-electron chi connectivity index (χ4n) is 4.13. The van der Waals surface area contributed by atoms with Crippen molar-refractivity contribution >= 4 is 40.3 Å². The number of carboxylic acids is 1. The normalized spacial score (nSPS) is 13.8. The quantitative estimate of drug-likeness (QED) is 0.270. The highest BCUT2D eigenvalue weighted by Gasteiger charge is 2.25. The molecule has 2 amide bonds. The third-order valence-corrected chi connectivity index (χ3v) is 7.03. The number of nitrogens with zero attached hydrogens (tertiary/aromatic N) is 1. The lowest BCUT2D eigenvalue weighted by molar-refractivity contribution is -0.142. The number of fused-ring (bicyclic) bond motifs is 1. The SMILES string of the molecule is CCC(C)C(CN(CC(=O)NC(CCSC)C(=O)O)Cc1cccc2ccccc12)NC(=O)CCN. The van der Waals surface area contributed by atoms with Gasteiger partial charge in [-0.25, -0.2) is 4.79 Å². The largest absolute Gasteiger partial charge is 0.480 e. The Morgan fingerprint density at radius 3 is 2.47 bits per heavy atom. The van der Waals surface area contributed by atoms with E-state index in [1.165, 1.54) is 0 Å². The lowest BCUT2D eigenvalue weighted by atomic mass is 9.97. The van der Waals surface area contributed by atoms with Gasteiger partial charge in [-0.15, -0.1) is 0 Å². The monoisotopic (exact) mass is 516 g/mol. The van der Waals surface area contributed by atoms with Crippen LogP contribution in [0.15, 0.2) is 42.5 Å². The van der Waals surface area contributed by atoms with Crippen LogP contribution >= 0.6 is 11.8 Å². The number of thioether (sulfide) groups is 1. The zero-order valence-corrected chi connectivity index (χ0v) is 22.4. The lowest BCUT2D eigenvalue weighted by Crippen LogP contribution is -2.51. The first kappa shape index (κ1) is 29.6. The number of nitrogens with two attached hydrogens (primary N) is 1. The maximum absolute atomic E-state index is 13.0. The first-order valence-corrected chi connectivity index (χ1v) is 13.9. The molecule has 9 heteroatoms. The van der Waals surface area contributed by atoms with E-state index in [-0.39, 0.29) is 43.3 Å². The maximum atomic E-state index is 13.0. The van der Waals surface area contributed by atoms with Crippen molar-refractivity contribution in [2.45, 2.75) is 51.7 Å². The molecular formula is C27H40N4O4S. The minimum absolute atomic E-state index is 0.0198. The van der Waals surface area contributed by atoms with Crippen molar-refractivity contribution in [1.82, 2.24) is 15.5 Å². The van der Waals surface area contributed by atoms with Gasteiger partial charge < -0.3 is 21.5 Å². The number of amides is 2. The summed E-state index contributed by atoms with van der Waals surface area (Å²) in [7, 11) is 0. The number of aliphatic carboxylic acids is 1. The number of benzene rings is 2. The molecule has 0 aliphatic carbocycles. The molecule has 0 saturated heterocycles. The summed E-state index contributed by atoms with van der Waals surface area (Å²) in [5, 5.41) is 17.5. The Labute approximate surface area is 218 Å². The molecule has 0 saturated carbocycles. The summed E-state index contributed by atoms with van der Waals surface area (Å²) in [6.45, 7) is 5.37. The number of nitrogens with one attached hydrogen (secondary N) is 2. The molecular weight excluding hydrogens is 476 g/mol. The van der Waals surface area contributed by atoms with Crippen molar-refractivity contribution < 1.29 is 19.5 Å². The van der Waals surface area contributed by atoms with Gasteiger partial charge in [0.15, 0.2) is 0 Å². The average molecular weight is 517 g/mol. The van der Waals surface area contributed by atoms with Gasteiger partial charge in [-0.05, 0) is 40.7 Å². The van der Waals surface area contributed by atoms with Crippen LogP contribution in [0.5, 0.6) is 0 Å². The molecule has 198 valence electrons. The number of carbonyl (C=O) groups is 3. The van der Waals surface area contributed by atoms with Crippen LogP contribution in [0, 0.1) is 5.92 Å². The fraction of sp³-hybridized carbons (Fsp3) is 0.519. The van der Waals surface area contributed by atoms with E-state index in [9.17, 15) is 19.5 Å². The van der Waals surface area contributed by atoms with Crippen molar-refractivity contribution in [2.24, 2.45) is 11.7 Å². The Morgan fingerprint density at radius 1 is 1.08 bits per heavy atom. The smallest absolute Gasteiger partial charge is 0.326 e. The molecule has 2 aromatic rings. The van der Waals surface area contributed by atoms with E-state index in [1.54, 1.807) is 11.8 Å². The van der Waals surface area contributed by atoms with Crippen molar-refractivity contribution in [3.05, 3.63) is 48.0 Å². The summed E-state index contributed by atoms with van der Waals surface area (Å²) >= 11 is 1.54. The van der Waals surface area contributed by atoms with Gasteiger partial charge in [0.25, 0.3) is 0 Å². The second kappa shape index (κ2) is 15.5. The van der Waals surface area contributed by atoms with Crippen molar-refractivity contribution in [3.63, 3.8) is 0 Å². The summed E-state index contributed by atoms with van der Waals surface area (Å²) in [5.74, 6) is -0.678. The molecule has 0 aromatic heterocycles. The Bertz CT molecular complexity index is 997. The topological polar surface area (TPSA) is 125 Å². The molecule has 0 heterocycles. The van der Waals surface area contributed by atoms with Crippen LogP contribution in [0.2, 0.25) is 0 Å². The van der Waals surface area contributed by atoms with Gasteiger partial charge in [0.1, 0.15) is 6.04 Å². The summed E-state index contributed by atoms with van der Waals surface area (Å²) in [4.78, 5) is 39.0. The maximum Gasteiger partial charge on any atom is 0.326 e. The van der Waals surface area contributed by atoms with E-state index in [0.29, 0.717) is 25.3 Å². The first-order chi connectivity index (χ1) is 17.3. The molecule has 0 aliphatic rings. The minimum atomic E-state index is -1.04. The van der Waals surface area contributed by atoms with E-state index >= 15 is 0 Å². The Balaban J connectivity index is 2.28. The molecule has 36 heavy (non-hydrogen) atoms. The Kier molecular flexibility index (Phi) is 12.7. The van der Waals surface area contributed by atoms with Crippen LogP contribution < -0.4 is 16.4 Å². The second-order valence-corrected chi connectivity index (χ2v) is 10.1. The fourth-order valence-corrected chi connectivity index (χ4v) is 4.60. The predicted molar refractivity (Wildman–Crippen MR) is 147 cm³/mol. The van der Waals surface area contributed by atoms with E-state index in [2.05, 4.69) is 30.5 Å². The van der Waals surface area contributed by atoms with Gasteiger partial charge in [-0.1, -0.05) is 62.7 Å². The lowest BCUT2D eigenvalue weighted by Gasteiger charge is -2.31. The van der Waals surface area contributed by atoms with E-state index in [4.69, 9.17) is 5.73 Å². The van der Waals surface area contributed by atoms with Crippen LogP contribution in [0.1, 0.15) is 38.7 Å². The Hall–Kier alpha value is -2.62. The third-order valence-electron chi connectivity index (χ3n) is 6.39. The minimum Gasteiger partial charge on any atom is -0.480 e. The zero-order chi connectivity index (χ0) is 26.5. The average Bonchev–Trinajstić information content (AvgIpc) is 2.85. The zero-order valence-electron chi connectivity index (χ0n) is 21.5. The molecule has 2 rings (SSSR count). The van der Waals surface area contributed by atoms with Crippen LogP contribution in [0.3, 0.4) is 0 Å². The molecule has 8 nitrogen and oxygen atoms in total. The summed E-state index contributed by atoms with van der Waals surface area (Å²) in [5.41, 5.74) is 6.63. The van der Waals surface area contributed by atoms with Crippen LogP contribution in [-0.4, -0.2) is 71.5 Å². The van der Waals surface area contributed by atoms with Gasteiger partial charge in [0.05, 0.1) is 6.54 Å². The number of carboxylic acid groups (broad SMARTS) is 1. The second-order valence-electron chi connectivity index (χ2n) is 9.15. The highest BCUT2D eigenvalue weighted by atomic mass is 32.2. The van der Waals surface area contributed by atoms with Crippen LogP contribution in [0.25, 0.3) is 10.8 Å². The molecule has 2 aromatic carbocycles. The van der Waals surface area contributed by atoms with Crippen molar-refractivity contribution in [1.29, 1.82) is 0 Å². The molecule has 5 N–H and O–H groups in total. The molecule has 0 aliphatic heterocycles. The summed E-state index contributed by atoms with van der Waals surface area (Å²) in [6, 6.07) is 13.1. The van der Waals surface area contributed by atoms with Gasteiger partial charge in [0, 0.05) is 32.1 Å². The summed E-state index contributed by atoms with van der Waals surface area (Å²) in [6.07, 6.45) is 3.36. The number of carbonyl (C=O) groups excluding carboxylic acids is 2. The molecule has 0 radical (unpaired) electrons. The van der Waals surface area contributed by atoms with Gasteiger partial charge in [-0.2, -0.15) is 11.8 Å². The van der Waals surface area contributed by atoms with Crippen molar-refractivity contribution in [3.8, 4) is 0 Å². The van der Waals surface area contributed by atoms with E-state index < -0.39 is 12.0 Å². The predicted octanol–water partition coefficient (Wildman–Crippen LogP) is 2.84. The van der Waals surface area contributed by atoms with Crippen LogP contribution in [-0.2, 0) is 20.9 Å². The number of hydrogen-bond donors (Lipinski definition) is 4. The third kappa shape index (κ3) is 9.44. The number of hydrogen-bond acceptors (Lipinski definition) is 6. The van der Waals surface area contributed by atoms with E-state index in [1.807, 2.05) is 47.6 Å². The summed E-state index contributed by atoms with van der Waals surface area (Å²) < 4.78 is 0. The molecule has 0 spiro atoms. The van der Waals surface area contributed by atoms with Gasteiger partial charge in [0.2, 0.25) is 11.8 Å². The van der Waals surface area contributed by atoms with Gasteiger partial charge >= 0.3 is 5.97 Å². The molecule has 0 bridgehead atoms. The molecule has 0 fully saturated rings. The first-order valence-electron chi connectivity index (χ1n) is 12.5. The van der Waals surface area contributed by atoms with Gasteiger partial charge in [-0.3, -0.25) is 14.5 Å². The number of rotatable bonds is 16. The molecule has 3 atom stereocenters. The highest BCUT2D eigenvalue weighted by molar-refractivity contribution is 7.98.